The second-order valence-electron chi connectivity index (χ2n) is 9.65. The number of carbonyl (C=O) groups excluding carboxylic acids is 4. The standard InChI is InChI=1S/C27H31F3N4O6/c1-16(2)34-20-10-9-18(7-4-5-12-39-21-8-6-11-32-24(21)31)14-19(20)25(37)33(15-22(34)35)17(3)13-23(36)40-26(38)27(28,29)30/h6,8-11,14,16-17H,4-5,7,12-13,15H2,1-3H3,(H2,31,32). The van der Waals surface area contributed by atoms with Gasteiger partial charge >= 0.3 is 18.1 Å². The van der Waals surface area contributed by atoms with E-state index in [1.807, 2.05) is 6.07 Å². The Bertz CT molecular complexity index is 1270. The molecule has 216 valence electrons. The van der Waals surface area contributed by atoms with Crippen LogP contribution in [0.4, 0.5) is 24.7 Å². The number of nitrogens with zero attached hydrogens (tertiary/aromatic N) is 3. The lowest BCUT2D eigenvalue weighted by Crippen LogP contribution is -2.46. The molecule has 0 saturated carbocycles. The van der Waals surface area contributed by atoms with Crippen LogP contribution in [0.15, 0.2) is 36.5 Å². The summed E-state index contributed by atoms with van der Waals surface area (Å²) in [6.45, 7) is 4.97. The van der Waals surface area contributed by atoms with Crippen molar-refractivity contribution in [3.05, 3.63) is 47.7 Å². The molecule has 1 unspecified atom stereocenters. The average molecular weight is 565 g/mol. The Morgan fingerprint density at radius 1 is 1.12 bits per heavy atom. The predicted molar refractivity (Wildman–Crippen MR) is 138 cm³/mol. The second-order valence-corrected chi connectivity index (χ2v) is 9.65. The van der Waals surface area contributed by atoms with E-state index in [-0.39, 0.29) is 11.6 Å². The monoisotopic (exact) mass is 564 g/mol. The van der Waals surface area contributed by atoms with Crippen LogP contribution in [0, 0.1) is 0 Å². The number of alkyl halides is 3. The van der Waals surface area contributed by atoms with Crippen molar-refractivity contribution in [3.63, 3.8) is 0 Å². The smallest absolute Gasteiger partial charge is 0.490 e. The van der Waals surface area contributed by atoms with Gasteiger partial charge in [-0.3, -0.25) is 14.4 Å². The van der Waals surface area contributed by atoms with Gasteiger partial charge in [-0.15, -0.1) is 0 Å². The Balaban J connectivity index is 1.73. The van der Waals surface area contributed by atoms with Crippen LogP contribution in [0.3, 0.4) is 0 Å². The summed E-state index contributed by atoms with van der Waals surface area (Å²) in [6, 6.07) is 7.32. The van der Waals surface area contributed by atoms with Gasteiger partial charge in [-0.2, -0.15) is 13.2 Å². The molecule has 40 heavy (non-hydrogen) atoms. The number of rotatable bonds is 10. The normalized spacial score (nSPS) is 14.6. The van der Waals surface area contributed by atoms with Crippen molar-refractivity contribution in [3.8, 4) is 5.75 Å². The quantitative estimate of drug-likeness (QED) is 0.263. The number of nitrogens with two attached hydrogens (primary N) is 1. The fraction of sp³-hybridized carbons (Fsp3) is 0.444. The number of halogens is 3. The number of esters is 2. The van der Waals surface area contributed by atoms with Crippen molar-refractivity contribution in [2.45, 2.75) is 64.7 Å². The second kappa shape index (κ2) is 12.8. The number of pyridine rings is 1. The van der Waals surface area contributed by atoms with Crippen molar-refractivity contribution in [2.75, 3.05) is 23.8 Å². The molecule has 1 aromatic heterocycles. The van der Waals surface area contributed by atoms with E-state index < -0.39 is 48.9 Å². The highest BCUT2D eigenvalue weighted by molar-refractivity contribution is 6.10. The highest BCUT2D eigenvalue weighted by Gasteiger charge is 2.43. The highest BCUT2D eigenvalue weighted by atomic mass is 19.4. The van der Waals surface area contributed by atoms with E-state index >= 15 is 0 Å². The largest absolute Gasteiger partial charge is 0.491 e. The van der Waals surface area contributed by atoms with Gasteiger partial charge in [0.05, 0.1) is 24.3 Å². The first-order valence-electron chi connectivity index (χ1n) is 12.7. The first-order valence-corrected chi connectivity index (χ1v) is 12.7. The minimum atomic E-state index is -5.33. The molecular weight excluding hydrogens is 533 g/mol. The molecule has 1 aliphatic rings. The number of hydrogen-bond acceptors (Lipinski definition) is 8. The van der Waals surface area contributed by atoms with Crippen molar-refractivity contribution in [1.82, 2.24) is 9.88 Å². The van der Waals surface area contributed by atoms with E-state index in [2.05, 4.69) is 9.72 Å². The number of amides is 2. The van der Waals surface area contributed by atoms with E-state index in [0.717, 1.165) is 16.9 Å². The third-order valence-corrected chi connectivity index (χ3v) is 6.25. The van der Waals surface area contributed by atoms with Gasteiger partial charge in [0.2, 0.25) is 5.91 Å². The molecule has 1 aromatic carbocycles. The molecule has 13 heteroatoms. The first-order chi connectivity index (χ1) is 18.8. The first kappa shape index (κ1) is 30.4. The van der Waals surface area contributed by atoms with Crippen LogP contribution in [0.1, 0.15) is 56.0 Å². The van der Waals surface area contributed by atoms with E-state index in [0.29, 0.717) is 36.7 Å². The lowest BCUT2D eigenvalue weighted by molar-refractivity contribution is -0.202. The zero-order valence-corrected chi connectivity index (χ0v) is 22.4. The molecule has 1 atom stereocenters. The molecule has 10 nitrogen and oxygen atoms in total. The van der Waals surface area contributed by atoms with Crippen molar-refractivity contribution >= 4 is 35.3 Å². The van der Waals surface area contributed by atoms with Crippen LogP contribution in [0.5, 0.6) is 5.75 Å². The summed E-state index contributed by atoms with van der Waals surface area (Å²) in [5.74, 6) is -4.28. The van der Waals surface area contributed by atoms with E-state index in [1.165, 1.54) is 11.8 Å². The third kappa shape index (κ3) is 7.48. The molecule has 3 rings (SSSR count). The summed E-state index contributed by atoms with van der Waals surface area (Å²) < 4.78 is 46.9. The number of benzene rings is 1. The Kier molecular flexibility index (Phi) is 9.72. The molecular formula is C27H31F3N4O6. The summed E-state index contributed by atoms with van der Waals surface area (Å²) in [7, 11) is 0. The van der Waals surface area contributed by atoms with Gasteiger partial charge in [0.1, 0.15) is 6.54 Å². The number of fused-ring (bicyclic) bond motifs is 1. The molecule has 0 bridgehead atoms. The molecule has 0 fully saturated rings. The summed E-state index contributed by atoms with van der Waals surface area (Å²) in [5.41, 5.74) is 7.22. The molecule has 1 aliphatic heterocycles. The Hall–Kier alpha value is -4.16. The van der Waals surface area contributed by atoms with Crippen LogP contribution >= 0.6 is 0 Å². The molecule has 2 amide bonds. The fourth-order valence-electron chi connectivity index (χ4n) is 4.32. The van der Waals surface area contributed by atoms with Gasteiger partial charge in [0.25, 0.3) is 5.91 Å². The number of aryl methyl sites for hydroxylation is 1. The van der Waals surface area contributed by atoms with Gasteiger partial charge in [0.15, 0.2) is 11.6 Å². The minimum Gasteiger partial charge on any atom is -0.490 e. The zero-order chi connectivity index (χ0) is 29.6. The molecule has 0 saturated heterocycles. The van der Waals surface area contributed by atoms with Crippen LogP contribution < -0.4 is 15.4 Å². The summed E-state index contributed by atoms with van der Waals surface area (Å²) >= 11 is 0. The molecule has 2 N–H and O–H groups in total. The number of unbranched alkanes of at least 4 members (excludes halogenated alkanes) is 1. The van der Waals surface area contributed by atoms with Crippen LogP contribution in [0.2, 0.25) is 0 Å². The number of nitrogen functional groups attached to an aromatic ring is 1. The molecule has 0 aliphatic carbocycles. The maximum atomic E-state index is 13.6. The van der Waals surface area contributed by atoms with Gasteiger partial charge < -0.3 is 25.0 Å². The minimum absolute atomic E-state index is 0.225. The van der Waals surface area contributed by atoms with Gasteiger partial charge in [-0.25, -0.2) is 9.78 Å². The summed E-state index contributed by atoms with van der Waals surface area (Å²) in [5, 5.41) is 0. The lowest BCUT2D eigenvalue weighted by Gasteiger charge is -2.28. The SMILES string of the molecule is CC(CC(=O)OC(=O)C(F)(F)F)N1CC(=O)N(C(C)C)c2ccc(CCCCOc3cccnc3N)cc2C1=O. The highest BCUT2D eigenvalue weighted by Crippen LogP contribution is 2.30. The van der Waals surface area contributed by atoms with Crippen LogP contribution in [-0.4, -0.2) is 65.0 Å². The molecule has 2 aromatic rings. The Morgan fingerprint density at radius 3 is 2.50 bits per heavy atom. The number of anilines is 2. The summed E-state index contributed by atoms with van der Waals surface area (Å²) in [4.78, 5) is 56.3. The third-order valence-electron chi connectivity index (χ3n) is 6.25. The fourth-order valence-corrected chi connectivity index (χ4v) is 4.32. The van der Waals surface area contributed by atoms with Crippen molar-refractivity contribution in [1.29, 1.82) is 0 Å². The van der Waals surface area contributed by atoms with E-state index in [4.69, 9.17) is 10.5 Å². The van der Waals surface area contributed by atoms with E-state index in [9.17, 15) is 32.3 Å². The van der Waals surface area contributed by atoms with Crippen LogP contribution in [-0.2, 0) is 25.5 Å². The maximum Gasteiger partial charge on any atom is 0.491 e. The van der Waals surface area contributed by atoms with Gasteiger partial charge in [0, 0.05) is 18.3 Å². The number of aromatic nitrogens is 1. The number of ether oxygens (including phenoxy) is 2. The molecule has 0 spiro atoms. The topological polar surface area (TPSA) is 132 Å². The lowest BCUT2D eigenvalue weighted by atomic mass is 10.0. The van der Waals surface area contributed by atoms with Gasteiger partial charge in [-0.1, -0.05) is 6.07 Å². The maximum absolute atomic E-state index is 13.6. The number of carbonyl (C=O) groups is 4. The van der Waals surface area contributed by atoms with Crippen molar-refractivity contribution in [2.24, 2.45) is 0 Å². The Morgan fingerprint density at radius 2 is 1.85 bits per heavy atom. The Labute approximate surface area is 229 Å². The predicted octanol–water partition coefficient (Wildman–Crippen LogP) is 3.67. The summed E-state index contributed by atoms with van der Waals surface area (Å²) in [6.07, 6.45) is -2.46. The molecule has 2 heterocycles. The van der Waals surface area contributed by atoms with Crippen molar-refractivity contribution < 1.29 is 41.8 Å². The van der Waals surface area contributed by atoms with Gasteiger partial charge in [-0.05, 0) is 69.9 Å². The van der Waals surface area contributed by atoms with Crippen LogP contribution in [0.25, 0.3) is 0 Å². The average Bonchev–Trinajstić information content (AvgIpc) is 2.98. The zero-order valence-electron chi connectivity index (χ0n) is 22.4. The molecule has 0 radical (unpaired) electrons. The van der Waals surface area contributed by atoms with E-state index in [1.54, 1.807) is 44.3 Å². The number of hydrogen-bond donors (Lipinski definition) is 1.